The molecule has 2 rings (SSSR count). The lowest BCUT2D eigenvalue weighted by atomic mass is 9.76. The van der Waals surface area contributed by atoms with Gasteiger partial charge in [0.05, 0.1) is 0 Å². The Morgan fingerprint density at radius 2 is 1.07 bits per heavy atom. The van der Waals surface area contributed by atoms with Crippen molar-refractivity contribution in [2.75, 3.05) is 0 Å². The normalized spacial score (nSPS) is 13.2. The second-order valence-corrected chi connectivity index (χ2v) is 12.5. The summed E-state index contributed by atoms with van der Waals surface area (Å²) < 4.78 is 0. The Hall–Kier alpha value is -1.15. The molecule has 0 aliphatic rings. The molecule has 0 aliphatic carbocycles. The van der Waals surface area contributed by atoms with Crippen LogP contribution in [-0.2, 0) is 21.7 Å². The van der Waals surface area contributed by atoms with Crippen LogP contribution in [0.15, 0.2) is 29.9 Å². The van der Waals surface area contributed by atoms with E-state index in [1.54, 1.807) is 0 Å². The van der Waals surface area contributed by atoms with Crippen molar-refractivity contribution in [2.45, 2.75) is 105 Å². The van der Waals surface area contributed by atoms with Gasteiger partial charge in [-0.15, -0.1) is 11.3 Å². The quantitative estimate of drug-likeness (QED) is 0.446. The predicted octanol–water partition coefficient (Wildman–Crippen LogP) is 8.02. The molecule has 0 atom stereocenters. The molecule has 27 heavy (non-hydrogen) atoms. The fourth-order valence-electron chi connectivity index (χ4n) is 3.13. The molecular weight excluding hydrogens is 346 g/mol. The Labute approximate surface area is 172 Å². The van der Waals surface area contributed by atoms with Crippen molar-refractivity contribution in [3.05, 3.63) is 51.5 Å². The Bertz CT molecular complexity index is 664. The standard InChI is InChI=1S/C13H21N.C12H20S/c1-12(2,3)10-7-8-14-9-11(10)13(4,5)6;1-11(2,3)9-7-8-13-10(9)12(4,5)6/h7-9H,1-6H3;7-8H,1-6H3. The second kappa shape index (κ2) is 8.07. The molecule has 0 radical (unpaired) electrons. The van der Waals surface area contributed by atoms with Gasteiger partial charge in [0.15, 0.2) is 0 Å². The monoisotopic (exact) mass is 387 g/mol. The van der Waals surface area contributed by atoms with Crippen LogP contribution >= 0.6 is 11.3 Å². The molecule has 2 aromatic rings. The molecule has 0 saturated carbocycles. The van der Waals surface area contributed by atoms with Gasteiger partial charge in [0.25, 0.3) is 0 Å². The van der Waals surface area contributed by atoms with Crippen molar-refractivity contribution in [3.8, 4) is 0 Å². The summed E-state index contributed by atoms with van der Waals surface area (Å²) in [5.74, 6) is 0. The highest BCUT2D eigenvalue weighted by Crippen LogP contribution is 2.37. The van der Waals surface area contributed by atoms with Crippen LogP contribution in [0.1, 0.15) is 105 Å². The topological polar surface area (TPSA) is 12.9 Å². The maximum Gasteiger partial charge on any atom is 0.0308 e. The lowest BCUT2D eigenvalue weighted by molar-refractivity contribution is 0.527. The molecule has 2 heterocycles. The minimum Gasteiger partial charge on any atom is -0.264 e. The van der Waals surface area contributed by atoms with E-state index in [1.807, 2.05) is 23.7 Å². The van der Waals surface area contributed by atoms with Crippen molar-refractivity contribution >= 4 is 11.3 Å². The van der Waals surface area contributed by atoms with Crippen molar-refractivity contribution in [1.82, 2.24) is 4.98 Å². The van der Waals surface area contributed by atoms with E-state index >= 15 is 0 Å². The Morgan fingerprint density at radius 1 is 0.593 bits per heavy atom. The van der Waals surface area contributed by atoms with Crippen LogP contribution in [0.5, 0.6) is 0 Å². The number of rotatable bonds is 0. The van der Waals surface area contributed by atoms with Gasteiger partial charge in [0, 0.05) is 17.3 Å². The molecular formula is C25H41NS. The zero-order valence-corrected chi connectivity index (χ0v) is 20.6. The molecule has 0 fully saturated rings. The summed E-state index contributed by atoms with van der Waals surface area (Å²) in [6.45, 7) is 27.2. The first kappa shape index (κ1) is 23.9. The molecule has 1 nitrogen and oxygen atoms in total. The van der Waals surface area contributed by atoms with Crippen molar-refractivity contribution in [2.24, 2.45) is 0 Å². The molecule has 2 heteroatoms. The van der Waals surface area contributed by atoms with Gasteiger partial charge in [-0.3, -0.25) is 4.98 Å². The smallest absolute Gasteiger partial charge is 0.0308 e. The van der Waals surface area contributed by atoms with E-state index < -0.39 is 0 Å². The summed E-state index contributed by atoms with van der Waals surface area (Å²) in [5.41, 5.74) is 5.21. The van der Waals surface area contributed by atoms with Crippen molar-refractivity contribution in [3.63, 3.8) is 0 Å². The van der Waals surface area contributed by atoms with Crippen LogP contribution in [0.25, 0.3) is 0 Å². The highest BCUT2D eigenvalue weighted by atomic mass is 32.1. The van der Waals surface area contributed by atoms with Crippen LogP contribution in [0.3, 0.4) is 0 Å². The maximum atomic E-state index is 4.23. The van der Waals surface area contributed by atoms with Gasteiger partial charge in [-0.2, -0.15) is 0 Å². The van der Waals surface area contributed by atoms with Gasteiger partial charge in [0.2, 0.25) is 0 Å². The molecule has 0 spiro atoms. The van der Waals surface area contributed by atoms with Crippen LogP contribution in [0.2, 0.25) is 0 Å². The molecule has 152 valence electrons. The number of hydrogen-bond acceptors (Lipinski definition) is 2. The lowest BCUT2D eigenvalue weighted by Crippen LogP contribution is -2.22. The minimum atomic E-state index is 0.177. The molecule has 0 aromatic carbocycles. The highest BCUT2D eigenvalue weighted by Gasteiger charge is 2.26. The maximum absolute atomic E-state index is 4.23. The Balaban J connectivity index is 0.000000271. The average Bonchev–Trinajstić information content (AvgIpc) is 2.96. The van der Waals surface area contributed by atoms with E-state index in [-0.39, 0.29) is 21.7 Å². The summed E-state index contributed by atoms with van der Waals surface area (Å²) in [4.78, 5) is 5.75. The van der Waals surface area contributed by atoms with Gasteiger partial charge in [0.1, 0.15) is 0 Å². The first-order valence-corrected chi connectivity index (χ1v) is 10.9. The Morgan fingerprint density at radius 3 is 1.41 bits per heavy atom. The van der Waals surface area contributed by atoms with Gasteiger partial charge >= 0.3 is 0 Å². The fourth-order valence-corrected chi connectivity index (χ4v) is 4.32. The third-order valence-corrected chi connectivity index (χ3v) is 5.93. The van der Waals surface area contributed by atoms with E-state index in [2.05, 4.69) is 106 Å². The van der Waals surface area contributed by atoms with Crippen molar-refractivity contribution in [1.29, 1.82) is 0 Å². The van der Waals surface area contributed by atoms with Crippen molar-refractivity contribution < 1.29 is 0 Å². The summed E-state index contributed by atoms with van der Waals surface area (Å²) >= 11 is 1.88. The molecule has 0 bridgehead atoms. The average molecular weight is 388 g/mol. The van der Waals surface area contributed by atoms with Crippen LogP contribution in [-0.4, -0.2) is 4.98 Å². The van der Waals surface area contributed by atoms with Crippen LogP contribution < -0.4 is 0 Å². The van der Waals surface area contributed by atoms with E-state index in [0.717, 1.165) is 0 Å². The summed E-state index contributed by atoms with van der Waals surface area (Å²) in [5, 5.41) is 2.21. The minimum absolute atomic E-state index is 0.177. The van der Waals surface area contributed by atoms with E-state index in [9.17, 15) is 0 Å². The van der Waals surface area contributed by atoms with Crippen LogP contribution in [0, 0.1) is 0 Å². The van der Waals surface area contributed by atoms with E-state index in [4.69, 9.17) is 0 Å². The van der Waals surface area contributed by atoms with Gasteiger partial charge in [-0.1, -0.05) is 83.1 Å². The molecule has 0 amide bonds. The third kappa shape index (κ3) is 6.75. The first-order valence-electron chi connectivity index (χ1n) is 9.99. The number of aromatic nitrogens is 1. The van der Waals surface area contributed by atoms with E-state index in [0.29, 0.717) is 0 Å². The zero-order valence-electron chi connectivity index (χ0n) is 19.7. The first-order chi connectivity index (χ1) is 12.0. The number of nitrogens with zero attached hydrogens (tertiary/aromatic N) is 1. The largest absolute Gasteiger partial charge is 0.264 e. The lowest BCUT2D eigenvalue weighted by Gasteiger charge is -2.29. The third-order valence-electron chi connectivity index (χ3n) is 4.59. The SMILES string of the molecule is CC(C)(C)c1ccncc1C(C)(C)C.CC(C)(C)c1ccsc1C(C)(C)C. The van der Waals surface area contributed by atoms with Gasteiger partial charge < -0.3 is 0 Å². The molecule has 0 unspecified atom stereocenters. The van der Waals surface area contributed by atoms with Gasteiger partial charge in [-0.25, -0.2) is 0 Å². The molecule has 0 N–H and O–H groups in total. The molecule has 0 saturated heterocycles. The summed E-state index contributed by atoms with van der Waals surface area (Å²) in [6.07, 6.45) is 3.89. The summed E-state index contributed by atoms with van der Waals surface area (Å²) in [6, 6.07) is 4.41. The molecule has 0 aliphatic heterocycles. The predicted molar refractivity (Wildman–Crippen MR) is 123 cm³/mol. The fraction of sp³-hybridized carbons (Fsp3) is 0.640. The Kier molecular flexibility index (Phi) is 7.14. The number of pyridine rings is 1. The molecule has 2 aromatic heterocycles. The number of hydrogen-bond donors (Lipinski definition) is 0. The highest BCUT2D eigenvalue weighted by molar-refractivity contribution is 7.10. The number of thiophene rings is 1. The zero-order chi connectivity index (χ0) is 21.3. The van der Waals surface area contributed by atoms with Gasteiger partial charge in [-0.05, 0) is 55.9 Å². The summed E-state index contributed by atoms with van der Waals surface area (Å²) in [7, 11) is 0. The second-order valence-electron chi connectivity index (χ2n) is 11.6. The van der Waals surface area contributed by atoms with E-state index in [1.165, 1.54) is 21.6 Å². The van der Waals surface area contributed by atoms with Crippen LogP contribution in [0.4, 0.5) is 0 Å².